The smallest absolute Gasteiger partial charge is 0.241 e. The zero-order chi connectivity index (χ0) is 20.6. The molecule has 0 aliphatic rings. The van der Waals surface area contributed by atoms with Crippen LogP contribution in [-0.4, -0.2) is 48.3 Å². The Labute approximate surface area is 169 Å². The maximum Gasteiger partial charge on any atom is 0.241 e. The molecule has 0 saturated carbocycles. The standard InChI is InChI=1S/C21H24N4O4/c1-4-25(13-19(26)22-16-7-11-18(28-3)12-8-16)14-20-23-21(24-29-20)15-5-9-17(27-2)10-6-15/h5-12H,4,13-14H2,1-3H3,(H,22,26). The van der Waals surface area contributed by atoms with Crippen molar-refractivity contribution in [3.63, 3.8) is 0 Å². The van der Waals surface area contributed by atoms with Gasteiger partial charge in [-0.2, -0.15) is 4.98 Å². The van der Waals surface area contributed by atoms with Crippen molar-refractivity contribution in [1.82, 2.24) is 15.0 Å². The van der Waals surface area contributed by atoms with Gasteiger partial charge in [0, 0.05) is 11.3 Å². The van der Waals surface area contributed by atoms with Crippen LogP contribution in [0.1, 0.15) is 12.8 Å². The molecule has 152 valence electrons. The second-order valence-electron chi connectivity index (χ2n) is 6.32. The highest BCUT2D eigenvalue weighted by Gasteiger charge is 2.15. The summed E-state index contributed by atoms with van der Waals surface area (Å²) in [7, 11) is 3.22. The lowest BCUT2D eigenvalue weighted by atomic mass is 10.2. The highest BCUT2D eigenvalue weighted by atomic mass is 16.5. The molecule has 1 amide bonds. The van der Waals surface area contributed by atoms with Crippen LogP contribution in [0.2, 0.25) is 0 Å². The van der Waals surface area contributed by atoms with Crippen molar-refractivity contribution in [2.24, 2.45) is 0 Å². The molecular formula is C21H24N4O4. The average Bonchev–Trinajstić information content (AvgIpc) is 3.22. The molecule has 2 aromatic carbocycles. The fraction of sp³-hybridized carbons (Fsp3) is 0.286. The largest absolute Gasteiger partial charge is 0.497 e. The van der Waals surface area contributed by atoms with Crippen molar-refractivity contribution in [2.45, 2.75) is 13.5 Å². The van der Waals surface area contributed by atoms with Crippen LogP contribution in [0.5, 0.6) is 11.5 Å². The number of hydrogen-bond acceptors (Lipinski definition) is 7. The van der Waals surface area contributed by atoms with E-state index < -0.39 is 0 Å². The van der Waals surface area contributed by atoms with Crippen molar-refractivity contribution >= 4 is 11.6 Å². The topological polar surface area (TPSA) is 89.7 Å². The average molecular weight is 396 g/mol. The van der Waals surface area contributed by atoms with Gasteiger partial charge in [0.1, 0.15) is 11.5 Å². The summed E-state index contributed by atoms with van der Waals surface area (Å²) in [5.41, 5.74) is 1.55. The Balaban J connectivity index is 1.57. The Kier molecular flexibility index (Phi) is 6.80. The van der Waals surface area contributed by atoms with Crippen LogP contribution in [-0.2, 0) is 11.3 Å². The van der Waals surface area contributed by atoms with E-state index in [1.54, 1.807) is 38.5 Å². The third-order valence-electron chi connectivity index (χ3n) is 4.36. The fourth-order valence-electron chi connectivity index (χ4n) is 2.73. The molecule has 29 heavy (non-hydrogen) atoms. The van der Waals surface area contributed by atoms with Gasteiger partial charge in [-0.05, 0) is 55.1 Å². The summed E-state index contributed by atoms with van der Waals surface area (Å²) in [5, 5.41) is 6.90. The lowest BCUT2D eigenvalue weighted by molar-refractivity contribution is -0.117. The van der Waals surface area contributed by atoms with Crippen molar-refractivity contribution < 1.29 is 18.8 Å². The monoisotopic (exact) mass is 396 g/mol. The number of anilines is 1. The van der Waals surface area contributed by atoms with Crippen molar-refractivity contribution in [1.29, 1.82) is 0 Å². The van der Waals surface area contributed by atoms with E-state index in [1.165, 1.54) is 0 Å². The van der Waals surface area contributed by atoms with Gasteiger partial charge in [-0.1, -0.05) is 12.1 Å². The Morgan fingerprint density at radius 1 is 1.03 bits per heavy atom. The number of ether oxygens (including phenoxy) is 2. The van der Waals surface area contributed by atoms with Gasteiger partial charge < -0.3 is 19.3 Å². The van der Waals surface area contributed by atoms with Gasteiger partial charge in [0.05, 0.1) is 27.3 Å². The molecule has 0 atom stereocenters. The predicted octanol–water partition coefficient (Wildman–Crippen LogP) is 3.21. The number of nitrogens with one attached hydrogen (secondary N) is 1. The number of benzene rings is 2. The molecule has 1 aromatic heterocycles. The zero-order valence-electron chi connectivity index (χ0n) is 16.7. The first kappa shape index (κ1) is 20.3. The first-order valence-corrected chi connectivity index (χ1v) is 9.24. The van der Waals surface area contributed by atoms with Crippen LogP contribution in [0, 0.1) is 0 Å². The third-order valence-corrected chi connectivity index (χ3v) is 4.36. The van der Waals surface area contributed by atoms with Crippen LogP contribution >= 0.6 is 0 Å². The molecule has 8 nitrogen and oxygen atoms in total. The minimum atomic E-state index is -0.119. The van der Waals surface area contributed by atoms with Crippen LogP contribution in [0.3, 0.4) is 0 Å². The molecule has 3 rings (SSSR count). The Morgan fingerprint density at radius 2 is 1.66 bits per heavy atom. The zero-order valence-corrected chi connectivity index (χ0v) is 16.7. The van der Waals surface area contributed by atoms with Crippen LogP contribution < -0.4 is 14.8 Å². The van der Waals surface area contributed by atoms with E-state index in [2.05, 4.69) is 15.5 Å². The first-order valence-electron chi connectivity index (χ1n) is 9.24. The number of aromatic nitrogens is 2. The van der Waals surface area contributed by atoms with Gasteiger partial charge in [0.15, 0.2) is 0 Å². The molecule has 0 radical (unpaired) electrons. The highest BCUT2D eigenvalue weighted by Crippen LogP contribution is 2.20. The number of carbonyl (C=O) groups is 1. The van der Waals surface area contributed by atoms with Gasteiger partial charge in [-0.3, -0.25) is 9.69 Å². The van der Waals surface area contributed by atoms with Crippen LogP contribution in [0.15, 0.2) is 53.1 Å². The molecule has 0 unspecified atom stereocenters. The highest BCUT2D eigenvalue weighted by molar-refractivity contribution is 5.92. The number of likely N-dealkylation sites (N-methyl/N-ethyl adjacent to an activating group) is 1. The van der Waals surface area contributed by atoms with Crippen molar-refractivity contribution in [3.8, 4) is 22.9 Å². The van der Waals surface area contributed by atoms with Gasteiger partial charge in [0.25, 0.3) is 0 Å². The molecule has 0 saturated heterocycles. The maximum atomic E-state index is 12.4. The Bertz CT molecular complexity index is 923. The van der Waals surface area contributed by atoms with E-state index in [0.717, 1.165) is 17.1 Å². The third kappa shape index (κ3) is 5.55. The van der Waals surface area contributed by atoms with E-state index in [0.29, 0.717) is 30.5 Å². The normalized spacial score (nSPS) is 10.8. The lowest BCUT2D eigenvalue weighted by Gasteiger charge is -2.17. The Morgan fingerprint density at radius 3 is 2.24 bits per heavy atom. The first-order chi connectivity index (χ1) is 14.1. The minimum absolute atomic E-state index is 0.119. The molecule has 8 heteroatoms. The summed E-state index contributed by atoms with van der Waals surface area (Å²) in [6, 6.07) is 14.6. The molecule has 3 aromatic rings. The molecule has 0 bridgehead atoms. The summed E-state index contributed by atoms with van der Waals surface area (Å²) in [6.07, 6.45) is 0. The van der Waals surface area contributed by atoms with Crippen LogP contribution in [0.25, 0.3) is 11.4 Å². The fourth-order valence-corrected chi connectivity index (χ4v) is 2.73. The molecule has 0 aliphatic heterocycles. The molecule has 0 fully saturated rings. The number of rotatable bonds is 9. The summed E-state index contributed by atoms with van der Waals surface area (Å²) in [5.74, 6) is 2.34. The summed E-state index contributed by atoms with van der Waals surface area (Å²) in [6.45, 7) is 3.23. The Hall–Kier alpha value is -3.39. The minimum Gasteiger partial charge on any atom is -0.497 e. The van der Waals surface area contributed by atoms with Gasteiger partial charge in [0.2, 0.25) is 17.6 Å². The summed E-state index contributed by atoms with van der Waals surface area (Å²) >= 11 is 0. The van der Waals surface area contributed by atoms with Crippen molar-refractivity contribution in [2.75, 3.05) is 32.6 Å². The number of amides is 1. The molecular weight excluding hydrogens is 372 g/mol. The number of hydrogen-bond donors (Lipinski definition) is 1. The van der Waals surface area contributed by atoms with Crippen molar-refractivity contribution in [3.05, 3.63) is 54.4 Å². The number of nitrogens with zero attached hydrogens (tertiary/aromatic N) is 3. The van der Waals surface area contributed by atoms with Gasteiger partial charge in [-0.25, -0.2) is 0 Å². The van der Waals surface area contributed by atoms with E-state index in [4.69, 9.17) is 14.0 Å². The lowest BCUT2D eigenvalue weighted by Crippen LogP contribution is -2.32. The molecule has 0 spiro atoms. The van der Waals surface area contributed by atoms with Gasteiger partial charge >= 0.3 is 0 Å². The summed E-state index contributed by atoms with van der Waals surface area (Å²) in [4.78, 5) is 18.7. The summed E-state index contributed by atoms with van der Waals surface area (Å²) < 4.78 is 15.6. The van der Waals surface area contributed by atoms with E-state index in [1.807, 2.05) is 36.1 Å². The quantitative estimate of drug-likeness (QED) is 0.594. The van der Waals surface area contributed by atoms with E-state index in [-0.39, 0.29) is 12.5 Å². The second-order valence-corrected chi connectivity index (χ2v) is 6.32. The molecule has 0 aliphatic carbocycles. The van der Waals surface area contributed by atoms with E-state index >= 15 is 0 Å². The predicted molar refractivity (Wildman–Crippen MR) is 109 cm³/mol. The SMILES string of the molecule is CCN(CC(=O)Nc1ccc(OC)cc1)Cc1nc(-c2ccc(OC)cc2)no1. The molecule has 1 heterocycles. The van der Waals surface area contributed by atoms with Crippen LogP contribution in [0.4, 0.5) is 5.69 Å². The second kappa shape index (κ2) is 9.70. The van der Waals surface area contributed by atoms with E-state index in [9.17, 15) is 4.79 Å². The number of methoxy groups -OCH3 is 2. The maximum absolute atomic E-state index is 12.4. The number of carbonyl (C=O) groups excluding carboxylic acids is 1. The van der Waals surface area contributed by atoms with Gasteiger partial charge in [-0.15, -0.1) is 0 Å². The molecule has 1 N–H and O–H groups in total.